The molecule has 1 aromatic carbocycles. The van der Waals surface area contributed by atoms with E-state index in [0.29, 0.717) is 23.9 Å². The molecule has 0 radical (unpaired) electrons. The molecule has 0 heterocycles. The van der Waals surface area contributed by atoms with Crippen molar-refractivity contribution in [1.82, 2.24) is 5.32 Å². The van der Waals surface area contributed by atoms with E-state index < -0.39 is 0 Å². The molecular weight excluding hydrogens is 305 g/mol. The fourth-order valence-corrected chi connectivity index (χ4v) is 2.03. The van der Waals surface area contributed by atoms with Crippen LogP contribution in [0.3, 0.4) is 0 Å². The van der Waals surface area contributed by atoms with E-state index in [1.165, 1.54) is 6.07 Å². The zero-order chi connectivity index (χ0) is 12.7. The first-order chi connectivity index (χ1) is 8.13. The van der Waals surface area contributed by atoms with Crippen LogP contribution in [0.15, 0.2) is 22.7 Å². The van der Waals surface area contributed by atoms with Gasteiger partial charge in [0.2, 0.25) is 0 Å². The van der Waals surface area contributed by atoms with E-state index in [1.54, 1.807) is 6.07 Å². The summed E-state index contributed by atoms with van der Waals surface area (Å²) in [6.45, 7) is 3.62. The Hall–Kier alpha value is -0.120. The number of halogens is 3. The van der Waals surface area contributed by atoms with E-state index in [9.17, 15) is 4.39 Å². The van der Waals surface area contributed by atoms with Crippen LogP contribution in [0.2, 0.25) is 0 Å². The average molecular weight is 323 g/mol. The highest BCUT2D eigenvalue weighted by Crippen LogP contribution is 2.15. The van der Waals surface area contributed by atoms with Gasteiger partial charge < -0.3 is 5.32 Å². The Balaban J connectivity index is 2.22. The molecule has 0 aliphatic rings. The summed E-state index contributed by atoms with van der Waals surface area (Å²) < 4.78 is 14.2. The van der Waals surface area contributed by atoms with Crippen LogP contribution < -0.4 is 5.32 Å². The van der Waals surface area contributed by atoms with Crippen molar-refractivity contribution in [2.24, 2.45) is 5.92 Å². The molecule has 0 bridgehead atoms. The highest BCUT2D eigenvalue weighted by molar-refractivity contribution is 9.10. The Morgan fingerprint density at radius 3 is 2.88 bits per heavy atom. The van der Waals surface area contributed by atoms with Gasteiger partial charge in [-0.15, -0.1) is 11.6 Å². The van der Waals surface area contributed by atoms with Crippen molar-refractivity contribution in [1.29, 1.82) is 0 Å². The van der Waals surface area contributed by atoms with E-state index in [0.717, 1.165) is 23.9 Å². The van der Waals surface area contributed by atoms with Crippen LogP contribution in [-0.2, 0) is 6.54 Å². The van der Waals surface area contributed by atoms with E-state index in [4.69, 9.17) is 11.6 Å². The SMILES string of the molecule is CC(CCl)CCCNCc1ccc(Br)cc1F. The Morgan fingerprint density at radius 1 is 1.47 bits per heavy atom. The van der Waals surface area contributed by atoms with Crippen LogP contribution >= 0.6 is 27.5 Å². The predicted molar refractivity (Wildman–Crippen MR) is 74.9 cm³/mol. The zero-order valence-corrected chi connectivity index (χ0v) is 12.3. The lowest BCUT2D eigenvalue weighted by atomic mass is 10.1. The normalized spacial score (nSPS) is 12.7. The standard InChI is InChI=1S/C13H18BrClFN/c1-10(8-15)3-2-6-17-9-11-4-5-12(14)7-13(11)16/h4-5,7,10,17H,2-3,6,8-9H2,1H3. The molecule has 1 N–H and O–H groups in total. The third kappa shape index (κ3) is 5.84. The fraction of sp³-hybridized carbons (Fsp3) is 0.538. The van der Waals surface area contributed by atoms with Gasteiger partial charge in [-0.05, 0) is 37.4 Å². The van der Waals surface area contributed by atoms with Gasteiger partial charge in [-0.3, -0.25) is 0 Å². The number of rotatable bonds is 7. The van der Waals surface area contributed by atoms with E-state index in [2.05, 4.69) is 28.2 Å². The minimum Gasteiger partial charge on any atom is -0.313 e. The summed E-state index contributed by atoms with van der Waals surface area (Å²) in [5, 5.41) is 3.24. The predicted octanol–water partition coefficient (Wildman–Crippen LogP) is 4.33. The van der Waals surface area contributed by atoms with Gasteiger partial charge >= 0.3 is 0 Å². The van der Waals surface area contributed by atoms with Crippen molar-refractivity contribution < 1.29 is 4.39 Å². The highest BCUT2D eigenvalue weighted by atomic mass is 79.9. The Bertz CT molecular complexity index is 346. The first-order valence-electron chi connectivity index (χ1n) is 5.84. The quantitative estimate of drug-likeness (QED) is 0.582. The van der Waals surface area contributed by atoms with Gasteiger partial charge in [0.05, 0.1) is 0 Å². The van der Waals surface area contributed by atoms with Crippen LogP contribution in [0, 0.1) is 11.7 Å². The van der Waals surface area contributed by atoms with Gasteiger partial charge in [-0.25, -0.2) is 4.39 Å². The smallest absolute Gasteiger partial charge is 0.128 e. The van der Waals surface area contributed by atoms with Gasteiger partial charge in [0.25, 0.3) is 0 Å². The molecule has 0 amide bonds. The van der Waals surface area contributed by atoms with Gasteiger partial charge in [-0.1, -0.05) is 28.9 Å². The molecular formula is C13H18BrClFN. The summed E-state index contributed by atoms with van der Waals surface area (Å²) in [7, 11) is 0. The number of hydrogen-bond donors (Lipinski definition) is 1. The molecule has 0 saturated carbocycles. The van der Waals surface area contributed by atoms with Gasteiger partial charge in [0, 0.05) is 22.5 Å². The summed E-state index contributed by atoms with van der Waals surface area (Å²) in [6.07, 6.45) is 2.19. The first-order valence-corrected chi connectivity index (χ1v) is 7.17. The highest BCUT2D eigenvalue weighted by Gasteiger charge is 2.02. The van der Waals surface area contributed by atoms with Crippen LogP contribution in [-0.4, -0.2) is 12.4 Å². The fourth-order valence-electron chi connectivity index (χ4n) is 1.54. The lowest BCUT2D eigenvalue weighted by Gasteiger charge is -2.08. The first kappa shape index (κ1) is 14.9. The number of hydrogen-bond acceptors (Lipinski definition) is 1. The largest absolute Gasteiger partial charge is 0.313 e. The molecule has 17 heavy (non-hydrogen) atoms. The second kappa shape index (κ2) is 8.06. The molecule has 1 nitrogen and oxygen atoms in total. The molecule has 96 valence electrons. The maximum Gasteiger partial charge on any atom is 0.128 e. The van der Waals surface area contributed by atoms with Crippen LogP contribution in [0.25, 0.3) is 0 Å². The van der Waals surface area contributed by atoms with Crippen LogP contribution in [0.1, 0.15) is 25.3 Å². The molecule has 0 saturated heterocycles. The summed E-state index contributed by atoms with van der Waals surface area (Å²) in [5.41, 5.74) is 0.707. The van der Waals surface area contributed by atoms with Crippen LogP contribution in [0.5, 0.6) is 0 Å². The second-order valence-electron chi connectivity index (χ2n) is 4.31. The molecule has 1 rings (SSSR count). The van der Waals surface area contributed by atoms with Crippen molar-refractivity contribution in [3.63, 3.8) is 0 Å². The number of alkyl halides is 1. The molecule has 0 aliphatic heterocycles. The van der Waals surface area contributed by atoms with Crippen molar-refractivity contribution in [2.45, 2.75) is 26.3 Å². The minimum absolute atomic E-state index is 0.166. The van der Waals surface area contributed by atoms with Crippen molar-refractivity contribution in [2.75, 3.05) is 12.4 Å². The Labute approximate surface area is 116 Å². The summed E-state index contributed by atoms with van der Waals surface area (Å²) in [6, 6.07) is 5.15. The van der Waals surface area contributed by atoms with E-state index >= 15 is 0 Å². The molecule has 0 aliphatic carbocycles. The molecule has 0 aromatic heterocycles. The topological polar surface area (TPSA) is 12.0 Å². The van der Waals surface area contributed by atoms with Crippen molar-refractivity contribution >= 4 is 27.5 Å². The lowest BCUT2D eigenvalue weighted by molar-refractivity contribution is 0.524. The van der Waals surface area contributed by atoms with Gasteiger partial charge in [0.1, 0.15) is 5.82 Å². The van der Waals surface area contributed by atoms with Crippen molar-refractivity contribution in [3.8, 4) is 0 Å². The van der Waals surface area contributed by atoms with Crippen molar-refractivity contribution in [3.05, 3.63) is 34.1 Å². The molecule has 4 heteroatoms. The number of nitrogens with one attached hydrogen (secondary N) is 1. The minimum atomic E-state index is -0.166. The van der Waals surface area contributed by atoms with E-state index in [1.807, 2.05) is 6.07 Å². The van der Waals surface area contributed by atoms with E-state index in [-0.39, 0.29) is 5.82 Å². The third-order valence-corrected chi connectivity index (χ3v) is 3.66. The zero-order valence-electron chi connectivity index (χ0n) is 9.98. The summed E-state index contributed by atoms with van der Waals surface area (Å²) in [4.78, 5) is 0. The van der Waals surface area contributed by atoms with Gasteiger partial charge in [0.15, 0.2) is 0 Å². The molecule has 0 spiro atoms. The maximum atomic E-state index is 13.5. The lowest BCUT2D eigenvalue weighted by Crippen LogP contribution is -2.16. The molecule has 1 unspecified atom stereocenters. The summed E-state index contributed by atoms with van der Waals surface area (Å²) in [5.74, 6) is 1.10. The molecule has 1 aromatic rings. The monoisotopic (exact) mass is 321 g/mol. The second-order valence-corrected chi connectivity index (χ2v) is 5.54. The third-order valence-electron chi connectivity index (χ3n) is 2.64. The summed E-state index contributed by atoms with van der Waals surface area (Å²) >= 11 is 8.96. The molecule has 1 atom stereocenters. The Kier molecular flexibility index (Phi) is 7.09. The van der Waals surface area contributed by atoms with Crippen LogP contribution in [0.4, 0.5) is 4.39 Å². The van der Waals surface area contributed by atoms with Gasteiger partial charge in [-0.2, -0.15) is 0 Å². The maximum absolute atomic E-state index is 13.5. The average Bonchev–Trinajstić information content (AvgIpc) is 2.30. The number of benzene rings is 1. The molecule has 0 fully saturated rings. The Morgan fingerprint density at radius 2 is 2.24 bits per heavy atom.